The number of hydrogen-bond acceptors (Lipinski definition) is 3. The first-order valence-corrected chi connectivity index (χ1v) is 7.31. The van der Waals surface area contributed by atoms with Crippen molar-refractivity contribution in [3.05, 3.63) is 0 Å². The highest BCUT2D eigenvalue weighted by molar-refractivity contribution is 7.99. The second kappa shape index (κ2) is 6.50. The SMILES string of the molecule is CCC(C)(C)NC(=O)CNC1CCCSC1. The fourth-order valence-corrected chi connectivity index (χ4v) is 2.76. The van der Waals surface area contributed by atoms with Gasteiger partial charge in [0.2, 0.25) is 5.91 Å². The van der Waals surface area contributed by atoms with Gasteiger partial charge in [-0.05, 0) is 38.9 Å². The van der Waals surface area contributed by atoms with E-state index in [1.54, 1.807) is 0 Å². The summed E-state index contributed by atoms with van der Waals surface area (Å²) < 4.78 is 0. The smallest absolute Gasteiger partial charge is 0.234 e. The van der Waals surface area contributed by atoms with Crippen molar-refractivity contribution in [3.8, 4) is 0 Å². The number of carbonyl (C=O) groups excluding carboxylic acids is 1. The topological polar surface area (TPSA) is 41.1 Å². The molecule has 0 aromatic carbocycles. The third kappa shape index (κ3) is 5.21. The molecular weight excluding hydrogens is 220 g/mol. The van der Waals surface area contributed by atoms with Crippen molar-refractivity contribution in [2.45, 2.75) is 51.6 Å². The Labute approximate surface area is 103 Å². The van der Waals surface area contributed by atoms with Crippen molar-refractivity contribution >= 4 is 17.7 Å². The van der Waals surface area contributed by atoms with E-state index >= 15 is 0 Å². The minimum absolute atomic E-state index is 0.0833. The molecular formula is C12H24N2OS. The van der Waals surface area contributed by atoms with Gasteiger partial charge in [-0.1, -0.05) is 6.92 Å². The lowest BCUT2D eigenvalue weighted by Crippen LogP contribution is -2.48. The average Bonchev–Trinajstić information content (AvgIpc) is 2.27. The van der Waals surface area contributed by atoms with Crippen molar-refractivity contribution < 1.29 is 4.79 Å². The van der Waals surface area contributed by atoms with Gasteiger partial charge in [0.15, 0.2) is 0 Å². The first kappa shape index (κ1) is 13.8. The third-order valence-electron chi connectivity index (χ3n) is 3.07. The zero-order chi connectivity index (χ0) is 12.0. The van der Waals surface area contributed by atoms with Crippen molar-refractivity contribution in [2.24, 2.45) is 0 Å². The maximum absolute atomic E-state index is 11.7. The molecule has 94 valence electrons. The molecule has 0 spiro atoms. The maximum atomic E-state index is 11.7. The molecule has 1 unspecified atom stereocenters. The molecule has 0 aromatic heterocycles. The number of hydrogen-bond donors (Lipinski definition) is 2. The maximum Gasteiger partial charge on any atom is 0.234 e. The lowest BCUT2D eigenvalue weighted by atomic mass is 10.0. The number of carbonyl (C=O) groups is 1. The summed E-state index contributed by atoms with van der Waals surface area (Å²) in [6.45, 7) is 6.66. The predicted octanol–water partition coefficient (Wildman–Crippen LogP) is 1.78. The van der Waals surface area contributed by atoms with Crippen LogP contribution in [0, 0.1) is 0 Å². The van der Waals surface area contributed by atoms with Gasteiger partial charge in [-0.25, -0.2) is 0 Å². The molecule has 1 heterocycles. The van der Waals surface area contributed by atoms with E-state index in [1.807, 2.05) is 11.8 Å². The van der Waals surface area contributed by atoms with Gasteiger partial charge < -0.3 is 10.6 Å². The van der Waals surface area contributed by atoms with Gasteiger partial charge in [-0.3, -0.25) is 4.79 Å². The zero-order valence-electron chi connectivity index (χ0n) is 10.6. The van der Waals surface area contributed by atoms with E-state index in [0.717, 1.165) is 12.2 Å². The summed E-state index contributed by atoms with van der Waals surface area (Å²) in [6.07, 6.45) is 3.43. The molecule has 0 aliphatic carbocycles. The molecule has 1 rings (SSSR count). The minimum atomic E-state index is -0.0833. The number of thioether (sulfide) groups is 1. The van der Waals surface area contributed by atoms with Crippen LogP contribution in [0.4, 0.5) is 0 Å². The number of nitrogens with one attached hydrogen (secondary N) is 2. The molecule has 0 bridgehead atoms. The third-order valence-corrected chi connectivity index (χ3v) is 4.29. The van der Waals surface area contributed by atoms with Crippen LogP contribution in [0.1, 0.15) is 40.0 Å². The second-order valence-electron chi connectivity index (χ2n) is 5.08. The van der Waals surface area contributed by atoms with Crippen LogP contribution in [0.3, 0.4) is 0 Å². The van der Waals surface area contributed by atoms with E-state index in [0.29, 0.717) is 12.6 Å². The summed E-state index contributed by atoms with van der Waals surface area (Å²) in [6, 6.07) is 0.522. The lowest BCUT2D eigenvalue weighted by Gasteiger charge is -2.26. The summed E-state index contributed by atoms with van der Waals surface area (Å²) in [5.74, 6) is 2.53. The first-order chi connectivity index (χ1) is 7.53. The molecule has 1 amide bonds. The van der Waals surface area contributed by atoms with E-state index in [1.165, 1.54) is 18.6 Å². The normalized spacial score (nSPS) is 21.8. The fourth-order valence-electron chi connectivity index (χ4n) is 1.65. The van der Waals surface area contributed by atoms with Crippen LogP contribution in [0.15, 0.2) is 0 Å². The lowest BCUT2D eigenvalue weighted by molar-refractivity contribution is -0.121. The molecule has 1 aliphatic heterocycles. The van der Waals surface area contributed by atoms with E-state index in [2.05, 4.69) is 31.4 Å². The van der Waals surface area contributed by atoms with Crippen LogP contribution in [0.2, 0.25) is 0 Å². The monoisotopic (exact) mass is 244 g/mol. The van der Waals surface area contributed by atoms with E-state index in [4.69, 9.17) is 0 Å². The van der Waals surface area contributed by atoms with E-state index < -0.39 is 0 Å². The summed E-state index contributed by atoms with van der Waals surface area (Å²) in [4.78, 5) is 11.7. The molecule has 3 nitrogen and oxygen atoms in total. The van der Waals surface area contributed by atoms with Crippen LogP contribution in [0.25, 0.3) is 0 Å². The van der Waals surface area contributed by atoms with Gasteiger partial charge in [0.25, 0.3) is 0 Å². The summed E-state index contributed by atoms with van der Waals surface area (Å²) in [7, 11) is 0. The van der Waals surface area contributed by atoms with Crippen LogP contribution in [0.5, 0.6) is 0 Å². The van der Waals surface area contributed by atoms with Crippen molar-refractivity contribution in [2.75, 3.05) is 18.1 Å². The summed E-state index contributed by atoms with van der Waals surface area (Å²) in [5.41, 5.74) is -0.0833. The molecule has 1 atom stereocenters. The molecule has 0 aromatic rings. The highest BCUT2D eigenvalue weighted by Gasteiger charge is 2.19. The summed E-state index contributed by atoms with van der Waals surface area (Å²) >= 11 is 1.98. The standard InChI is InChI=1S/C12H24N2OS/c1-4-12(2,3)14-11(15)8-13-10-6-5-7-16-9-10/h10,13H,4-9H2,1-3H3,(H,14,15). The van der Waals surface area contributed by atoms with Gasteiger partial charge in [0, 0.05) is 17.3 Å². The van der Waals surface area contributed by atoms with Crippen LogP contribution in [-0.4, -0.2) is 35.5 Å². The quantitative estimate of drug-likeness (QED) is 0.774. The molecule has 4 heteroatoms. The van der Waals surface area contributed by atoms with Crippen LogP contribution in [-0.2, 0) is 4.79 Å². The minimum Gasteiger partial charge on any atom is -0.350 e. The van der Waals surface area contributed by atoms with Gasteiger partial charge in [0.1, 0.15) is 0 Å². The Morgan fingerprint density at radius 1 is 1.50 bits per heavy atom. The predicted molar refractivity (Wildman–Crippen MR) is 70.9 cm³/mol. The zero-order valence-corrected chi connectivity index (χ0v) is 11.5. The summed E-state index contributed by atoms with van der Waals surface area (Å²) in [5, 5.41) is 6.37. The van der Waals surface area contributed by atoms with Crippen LogP contribution >= 0.6 is 11.8 Å². The molecule has 2 N–H and O–H groups in total. The van der Waals surface area contributed by atoms with Gasteiger partial charge in [-0.15, -0.1) is 0 Å². The Balaban J connectivity index is 2.19. The Kier molecular flexibility index (Phi) is 5.62. The Morgan fingerprint density at radius 2 is 2.25 bits per heavy atom. The van der Waals surface area contributed by atoms with E-state index in [-0.39, 0.29) is 11.4 Å². The van der Waals surface area contributed by atoms with Gasteiger partial charge in [0.05, 0.1) is 6.54 Å². The van der Waals surface area contributed by atoms with Crippen LogP contribution < -0.4 is 10.6 Å². The molecule has 1 saturated heterocycles. The number of amides is 1. The second-order valence-corrected chi connectivity index (χ2v) is 6.23. The Bertz CT molecular complexity index is 225. The highest BCUT2D eigenvalue weighted by Crippen LogP contribution is 2.16. The molecule has 0 saturated carbocycles. The fraction of sp³-hybridized carbons (Fsp3) is 0.917. The molecule has 0 radical (unpaired) electrons. The van der Waals surface area contributed by atoms with Crippen molar-refractivity contribution in [3.63, 3.8) is 0 Å². The Morgan fingerprint density at radius 3 is 2.81 bits per heavy atom. The number of rotatable bonds is 5. The Hall–Kier alpha value is -0.220. The van der Waals surface area contributed by atoms with Crippen molar-refractivity contribution in [1.29, 1.82) is 0 Å². The highest BCUT2D eigenvalue weighted by atomic mass is 32.2. The van der Waals surface area contributed by atoms with E-state index in [9.17, 15) is 4.79 Å². The molecule has 16 heavy (non-hydrogen) atoms. The molecule has 1 aliphatic rings. The van der Waals surface area contributed by atoms with Gasteiger partial charge in [-0.2, -0.15) is 11.8 Å². The van der Waals surface area contributed by atoms with Crippen molar-refractivity contribution in [1.82, 2.24) is 10.6 Å². The largest absolute Gasteiger partial charge is 0.350 e. The molecule has 1 fully saturated rings. The average molecular weight is 244 g/mol. The first-order valence-electron chi connectivity index (χ1n) is 6.15. The van der Waals surface area contributed by atoms with Gasteiger partial charge >= 0.3 is 0 Å².